The van der Waals surface area contributed by atoms with E-state index in [1.807, 2.05) is 23.5 Å². The summed E-state index contributed by atoms with van der Waals surface area (Å²) in [6.07, 6.45) is 12.8. The standard InChI is InChI=1S/C26H33N3S2/c1-2-23-22-10-9-20(17-24(22)29(28-23)21-7-4-3-5-8-21)26(18-27)13-11-19(12-14-26)25-30-15-6-16-31-25/h9-10,17,21H,2-8,11-16H2,1H3. The van der Waals surface area contributed by atoms with Crippen molar-refractivity contribution in [1.82, 2.24) is 9.78 Å². The van der Waals surface area contributed by atoms with Crippen LogP contribution in [0, 0.1) is 11.3 Å². The Morgan fingerprint density at radius 1 is 1.10 bits per heavy atom. The van der Waals surface area contributed by atoms with Gasteiger partial charge in [-0.3, -0.25) is 4.68 Å². The lowest BCUT2D eigenvalue weighted by Crippen LogP contribution is -2.28. The molecule has 0 spiro atoms. The highest BCUT2D eigenvalue weighted by Crippen LogP contribution is 2.47. The molecule has 1 aromatic heterocycles. The van der Waals surface area contributed by atoms with Gasteiger partial charge >= 0.3 is 0 Å². The number of nitrogens with zero attached hydrogens (tertiary/aromatic N) is 3. The average Bonchev–Trinajstić information content (AvgIpc) is 3.23. The van der Waals surface area contributed by atoms with E-state index in [4.69, 9.17) is 5.10 Å². The molecule has 0 N–H and O–H groups in total. The van der Waals surface area contributed by atoms with E-state index in [1.54, 1.807) is 9.81 Å². The van der Waals surface area contributed by atoms with Gasteiger partial charge in [0.15, 0.2) is 0 Å². The van der Waals surface area contributed by atoms with Crippen LogP contribution >= 0.6 is 23.5 Å². The largest absolute Gasteiger partial charge is 0.262 e. The lowest BCUT2D eigenvalue weighted by Gasteiger charge is -2.34. The third kappa shape index (κ3) is 4.07. The molecular weight excluding hydrogens is 418 g/mol. The number of hydrogen-bond acceptors (Lipinski definition) is 4. The fourth-order valence-corrected chi connectivity index (χ4v) is 8.43. The average molecular weight is 452 g/mol. The molecule has 164 valence electrons. The van der Waals surface area contributed by atoms with Crippen molar-refractivity contribution < 1.29 is 0 Å². The summed E-state index contributed by atoms with van der Waals surface area (Å²) in [6.45, 7) is 2.20. The molecule has 0 radical (unpaired) electrons. The summed E-state index contributed by atoms with van der Waals surface area (Å²) in [6, 6.07) is 10.1. The van der Waals surface area contributed by atoms with Gasteiger partial charge in [-0.05, 0) is 74.5 Å². The van der Waals surface area contributed by atoms with Crippen LogP contribution in [0.5, 0.6) is 0 Å². The highest BCUT2D eigenvalue weighted by atomic mass is 32.2. The maximum absolute atomic E-state index is 10.3. The molecule has 2 aliphatic carbocycles. The van der Waals surface area contributed by atoms with Crippen molar-refractivity contribution in [2.75, 3.05) is 11.5 Å². The fraction of sp³-hybridized carbons (Fsp3) is 0.615. The summed E-state index contributed by atoms with van der Waals surface area (Å²) in [7, 11) is 0. The third-order valence-electron chi connectivity index (χ3n) is 7.56. The molecule has 2 heterocycles. The molecular formula is C26H33N3S2. The quantitative estimate of drug-likeness (QED) is 0.484. The van der Waals surface area contributed by atoms with Crippen LogP contribution in [0.1, 0.15) is 88.4 Å². The number of allylic oxidation sites excluding steroid dienone is 1. The molecule has 0 unspecified atom stereocenters. The Morgan fingerprint density at radius 2 is 1.84 bits per heavy atom. The smallest absolute Gasteiger partial charge is 0.0829 e. The third-order valence-corrected chi connectivity index (χ3v) is 10.4. The van der Waals surface area contributed by atoms with Crippen LogP contribution in [0.25, 0.3) is 10.9 Å². The van der Waals surface area contributed by atoms with Crippen LogP contribution < -0.4 is 0 Å². The van der Waals surface area contributed by atoms with E-state index in [0.717, 1.165) is 32.1 Å². The second-order valence-electron chi connectivity index (χ2n) is 9.40. The minimum absolute atomic E-state index is 0.351. The van der Waals surface area contributed by atoms with E-state index < -0.39 is 0 Å². The first-order chi connectivity index (χ1) is 15.2. The van der Waals surface area contributed by atoms with E-state index >= 15 is 0 Å². The van der Waals surface area contributed by atoms with Gasteiger partial charge in [-0.2, -0.15) is 10.4 Å². The molecule has 1 saturated heterocycles. The highest BCUT2D eigenvalue weighted by Gasteiger charge is 2.37. The lowest BCUT2D eigenvalue weighted by atomic mass is 9.69. The van der Waals surface area contributed by atoms with Crippen molar-refractivity contribution in [1.29, 1.82) is 5.26 Å². The summed E-state index contributed by atoms with van der Waals surface area (Å²) in [5.41, 5.74) is 4.95. The van der Waals surface area contributed by atoms with Crippen molar-refractivity contribution in [3.63, 3.8) is 0 Å². The van der Waals surface area contributed by atoms with E-state index in [2.05, 4.69) is 35.9 Å². The van der Waals surface area contributed by atoms with E-state index in [0.29, 0.717) is 6.04 Å². The molecule has 5 rings (SSSR count). The zero-order valence-electron chi connectivity index (χ0n) is 18.7. The van der Waals surface area contributed by atoms with E-state index in [1.165, 1.54) is 72.2 Å². The van der Waals surface area contributed by atoms with Gasteiger partial charge in [-0.25, -0.2) is 0 Å². The van der Waals surface area contributed by atoms with Crippen molar-refractivity contribution in [2.24, 2.45) is 0 Å². The molecule has 5 heteroatoms. The summed E-state index contributed by atoms with van der Waals surface area (Å²) in [4.78, 5) is 0. The highest BCUT2D eigenvalue weighted by molar-refractivity contribution is 8.22. The maximum Gasteiger partial charge on any atom is 0.0829 e. The summed E-state index contributed by atoms with van der Waals surface area (Å²) < 4.78 is 3.89. The van der Waals surface area contributed by atoms with E-state index in [-0.39, 0.29) is 5.41 Å². The Hall–Kier alpha value is -1.38. The molecule has 2 saturated carbocycles. The van der Waals surface area contributed by atoms with Crippen molar-refractivity contribution >= 4 is 34.4 Å². The molecule has 31 heavy (non-hydrogen) atoms. The summed E-state index contributed by atoms with van der Waals surface area (Å²) in [5.74, 6) is 2.52. The molecule has 1 aromatic carbocycles. The molecule has 1 aliphatic heterocycles. The molecule has 2 aromatic rings. The van der Waals surface area contributed by atoms with Gasteiger partial charge in [0.25, 0.3) is 0 Å². The number of benzene rings is 1. The fourth-order valence-electron chi connectivity index (χ4n) is 5.65. The van der Waals surface area contributed by atoms with Gasteiger partial charge < -0.3 is 0 Å². The number of rotatable bonds is 3. The number of hydrogen-bond donors (Lipinski definition) is 0. The Morgan fingerprint density at radius 3 is 2.52 bits per heavy atom. The monoisotopic (exact) mass is 451 g/mol. The van der Waals surface area contributed by atoms with Crippen LogP contribution in [-0.2, 0) is 11.8 Å². The zero-order chi connectivity index (χ0) is 21.3. The van der Waals surface area contributed by atoms with Gasteiger partial charge in [0.2, 0.25) is 0 Å². The summed E-state index contributed by atoms with van der Waals surface area (Å²) >= 11 is 4.09. The van der Waals surface area contributed by atoms with Gasteiger partial charge in [0, 0.05) is 9.62 Å². The maximum atomic E-state index is 10.3. The molecule has 0 atom stereocenters. The van der Waals surface area contributed by atoms with E-state index in [9.17, 15) is 5.26 Å². The SMILES string of the molecule is CCc1nn(C2CCCCC2)c2cc(C3(C#N)CCC(=C4SCCCS4)CC3)ccc12. The van der Waals surface area contributed by atoms with Crippen LogP contribution in [0.15, 0.2) is 28.0 Å². The second-order valence-corrected chi connectivity index (χ2v) is 11.9. The number of aromatic nitrogens is 2. The second kappa shape index (κ2) is 9.24. The predicted molar refractivity (Wildman–Crippen MR) is 134 cm³/mol. The van der Waals surface area contributed by atoms with Crippen LogP contribution in [0.4, 0.5) is 0 Å². The zero-order valence-corrected chi connectivity index (χ0v) is 20.3. The molecule has 3 nitrogen and oxygen atoms in total. The van der Waals surface area contributed by atoms with Gasteiger partial charge in [0.05, 0.1) is 28.7 Å². The molecule has 3 fully saturated rings. The summed E-state index contributed by atoms with van der Waals surface area (Å²) in [5, 5.41) is 16.7. The first kappa shape index (κ1) is 21.5. The first-order valence-electron chi connectivity index (χ1n) is 12.1. The van der Waals surface area contributed by atoms with Crippen molar-refractivity contribution in [3.8, 4) is 6.07 Å². The Bertz CT molecular complexity index is 1010. The molecule has 3 aliphatic rings. The Labute approximate surface area is 195 Å². The number of thioether (sulfide) groups is 2. The van der Waals surface area contributed by atoms with Gasteiger partial charge in [-0.1, -0.05) is 43.9 Å². The number of aryl methyl sites for hydroxylation is 1. The number of fused-ring (bicyclic) bond motifs is 1. The number of nitriles is 1. The van der Waals surface area contributed by atoms with Crippen molar-refractivity contribution in [2.45, 2.75) is 89.0 Å². The molecule has 0 amide bonds. The topological polar surface area (TPSA) is 41.6 Å². The van der Waals surface area contributed by atoms with Crippen molar-refractivity contribution in [3.05, 3.63) is 39.3 Å². The Kier molecular flexibility index (Phi) is 6.40. The van der Waals surface area contributed by atoms with Gasteiger partial charge in [-0.15, -0.1) is 23.5 Å². The Balaban J connectivity index is 1.48. The predicted octanol–water partition coefficient (Wildman–Crippen LogP) is 7.52. The van der Waals surface area contributed by atoms with Crippen LogP contribution in [0.3, 0.4) is 0 Å². The minimum atomic E-state index is -0.351. The van der Waals surface area contributed by atoms with Crippen LogP contribution in [0.2, 0.25) is 0 Å². The first-order valence-corrected chi connectivity index (χ1v) is 14.1. The minimum Gasteiger partial charge on any atom is -0.262 e. The van der Waals surface area contributed by atoms with Crippen LogP contribution in [-0.4, -0.2) is 21.3 Å². The molecule has 0 bridgehead atoms. The lowest BCUT2D eigenvalue weighted by molar-refractivity contribution is 0.335. The normalized spacial score (nSPS) is 25.7. The van der Waals surface area contributed by atoms with Gasteiger partial charge in [0.1, 0.15) is 0 Å².